The Kier molecular flexibility index (Phi) is 2.62. The minimum Gasteiger partial charge on any atom is -0.393 e. The quantitative estimate of drug-likeness (QED) is 0.430. The van der Waals surface area contributed by atoms with Crippen LogP contribution in [0.1, 0.15) is 6.92 Å². The highest BCUT2D eigenvalue weighted by Crippen LogP contribution is 2.17. The lowest BCUT2D eigenvalue weighted by molar-refractivity contribution is -0.183. The molecule has 11 heavy (non-hydrogen) atoms. The molecule has 2 unspecified atom stereocenters. The van der Waals surface area contributed by atoms with E-state index in [4.69, 9.17) is 20.1 Å². The molecule has 1 rings (SSSR count). The molecule has 3 N–H and O–H groups in total. The zero-order valence-electron chi connectivity index (χ0n) is 6.27. The molecule has 4 nitrogen and oxygen atoms in total. The minimum absolute atomic E-state index is 0.174. The van der Waals surface area contributed by atoms with Crippen molar-refractivity contribution in [3.63, 3.8) is 0 Å². The van der Waals surface area contributed by atoms with Crippen molar-refractivity contribution in [3.05, 3.63) is 11.6 Å². The third kappa shape index (κ3) is 1.78. The summed E-state index contributed by atoms with van der Waals surface area (Å²) in [5.74, 6) is 0. The fourth-order valence-corrected chi connectivity index (χ4v) is 1.00. The Hall–Kier alpha value is -0.420. The molecule has 0 radical (unpaired) electrons. The fraction of sp³-hybridized carbons (Fsp3) is 0.714. The van der Waals surface area contributed by atoms with E-state index in [0.717, 1.165) is 5.57 Å². The van der Waals surface area contributed by atoms with Gasteiger partial charge in [-0.2, -0.15) is 0 Å². The maximum atomic E-state index is 9.03. The van der Waals surface area contributed by atoms with Crippen LogP contribution >= 0.6 is 0 Å². The largest absolute Gasteiger partial charge is 0.393 e. The summed E-state index contributed by atoms with van der Waals surface area (Å²) in [7, 11) is 0. The van der Waals surface area contributed by atoms with Crippen LogP contribution in [0.3, 0.4) is 0 Å². The van der Waals surface area contributed by atoms with Crippen LogP contribution in [0.25, 0.3) is 0 Å². The Bertz CT molecular complexity index is 166. The monoisotopic (exact) mass is 160 g/mol. The topological polar surface area (TPSA) is 69.9 Å². The normalized spacial score (nSPS) is 38.5. The van der Waals surface area contributed by atoms with E-state index in [1.807, 2.05) is 0 Å². The summed E-state index contributed by atoms with van der Waals surface area (Å²) in [4.78, 5) is 0. The first-order valence-corrected chi connectivity index (χ1v) is 3.46. The number of aliphatic hydroxyl groups excluding tert-OH is 3. The molecule has 0 saturated heterocycles. The van der Waals surface area contributed by atoms with Crippen molar-refractivity contribution in [1.29, 1.82) is 0 Å². The van der Waals surface area contributed by atoms with Crippen LogP contribution in [-0.2, 0) is 4.74 Å². The van der Waals surface area contributed by atoms with Gasteiger partial charge >= 0.3 is 0 Å². The molecule has 0 bridgehead atoms. The van der Waals surface area contributed by atoms with Crippen molar-refractivity contribution < 1.29 is 20.1 Å². The molecule has 0 fully saturated rings. The van der Waals surface area contributed by atoms with E-state index in [1.165, 1.54) is 6.08 Å². The van der Waals surface area contributed by atoms with Gasteiger partial charge in [-0.1, -0.05) is 0 Å². The Morgan fingerprint density at radius 1 is 1.55 bits per heavy atom. The first kappa shape index (κ1) is 8.67. The maximum Gasteiger partial charge on any atom is 0.185 e. The summed E-state index contributed by atoms with van der Waals surface area (Å²) < 4.78 is 4.85. The minimum atomic E-state index is -1.21. The van der Waals surface area contributed by atoms with E-state index in [0.29, 0.717) is 0 Å². The van der Waals surface area contributed by atoms with Crippen molar-refractivity contribution in [2.75, 3.05) is 6.61 Å². The Balaban J connectivity index is 2.68. The molecule has 4 heteroatoms. The molecule has 0 aliphatic carbocycles. The average Bonchev–Trinajstić information content (AvgIpc) is 1.97. The van der Waals surface area contributed by atoms with Crippen molar-refractivity contribution in [3.8, 4) is 0 Å². The molecule has 0 aromatic carbocycles. The van der Waals surface area contributed by atoms with E-state index in [-0.39, 0.29) is 6.61 Å². The summed E-state index contributed by atoms with van der Waals surface area (Å²) in [6.07, 6.45) is -1.18. The van der Waals surface area contributed by atoms with E-state index in [1.54, 1.807) is 6.92 Å². The molecule has 0 saturated carbocycles. The molecule has 1 aliphatic heterocycles. The summed E-state index contributed by atoms with van der Waals surface area (Å²) in [5.41, 5.74) is 0.741. The third-order valence-corrected chi connectivity index (χ3v) is 1.70. The second kappa shape index (κ2) is 3.32. The highest BCUT2D eigenvalue weighted by atomic mass is 16.6. The smallest absolute Gasteiger partial charge is 0.185 e. The lowest BCUT2D eigenvalue weighted by Crippen LogP contribution is -2.38. The fourth-order valence-electron chi connectivity index (χ4n) is 1.00. The lowest BCUT2D eigenvalue weighted by Gasteiger charge is -2.28. The maximum absolute atomic E-state index is 9.03. The molecule has 3 atom stereocenters. The van der Waals surface area contributed by atoms with Gasteiger partial charge in [-0.15, -0.1) is 0 Å². The van der Waals surface area contributed by atoms with Crippen LogP contribution in [-0.4, -0.2) is 40.4 Å². The van der Waals surface area contributed by atoms with E-state index >= 15 is 0 Å². The predicted molar refractivity (Wildman–Crippen MR) is 37.7 cm³/mol. The lowest BCUT2D eigenvalue weighted by atomic mass is 10.1. The van der Waals surface area contributed by atoms with Gasteiger partial charge in [0.05, 0.1) is 6.61 Å². The Morgan fingerprint density at radius 3 is 2.73 bits per heavy atom. The van der Waals surface area contributed by atoms with Crippen molar-refractivity contribution in [2.24, 2.45) is 0 Å². The number of ether oxygens (including phenoxy) is 1. The van der Waals surface area contributed by atoms with E-state index in [9.17, 15) is 0 Å². The van der Waals surface area contributed by atoms with Gasteiger partial charge in [0.25, 0.3) is 0 Å². The first-order chi connectivity index (χ1) is 5.15. The van der Waals surface area contributed by atoms with Crippen molar-refractivity contribution >= 4 is 0 Å². The molecule has 0 spiro atoms. The van der Waals surface area contributed by atoms with Gasteiger partial charge in [0, 0.05) is 0 Å². The second-order valence-corrected chi connectivity index (χ2v) is 2.60. The SMILES string of the molecule is CC1=C[C@H](O)C(O)OC1CO. The van der Waals surface area contributed by atoms with Gasteiger partial charge in [-0.05, 0) is 18.6 Å². The van der Waals surface area contributed by atoms with Gasteiger partial charge in [0.2, 0.25) is 0 Å². The van der Waals surface area contributed by atoms with Gasteiger partial charge in [0.1, 0.15) is 12.2 Å². The summed E-state index contributed by atoms with van der Waals surface area (Å²) in [5, 5.41) is 26.7. The molecule has 0 aromatic rings. The van der Waals surface area contributed by atoms with E-state index in [2.05, 4.69) is 0 Å². The van der Waals surface area contributed by atoms with Crippen LogP contribution in [0, 0.1) is 0 Å². The molecular weight excluding hydrogens is 148 g/mol. The summed E-state index contributed by atoms with van der Waals surface area (Å²) >= 11 is 0. The Morgan fingerprint density at radius 2 is 2.18 bits per heavy atom. The zero-order valence-corrected chi connectivity index (χ0v) is 6.27. The van der Waals surface area contributed by atoms with Crippen LogP contribution in [0.15, 0.2) is 11.6 Å². The van der Waals surface area contributed by atoms with Gasteiger partial charge in [-0.3, -0.25) is 0 Å². The number of aliphatic hydroxyl groups is 3. The molecule has 64 valence electrons. The third-order valence-electron chi connectivity index (χ3n) is 1.70. The van der Waals surface area contributed by atoms with Crippen molar-refractivity contribution in [2.45, 2.75) is 25.4 Å². The molecule has 0 aromatic heterocycles. The first-order valence-electron chi connectivity index (χ1n) is 3.46. The van der Waals surface area contributed by atoms with E-state index < -0.39 is 18.5 Å². The summed E-state index contributed by atoms with van der Waals surface area (Å²) in [6.45, 7) is 1.56. The van der Waals surface area contributed by atoms with Gasteiger partial charge in [0.15, 0.2) is 6.29 Å². The molecular formula is C7H12O4. The Labute approximate surface area is 64.7 Å². The number of hydrogen-bond acceptors (Lipinski definition) is 4. The molecule has 0 amide bonds. The number of rotatable bonds is 1. The standard InChI is InChI=1S/C7H12O4/c1-4-2-5(9)7(10)11-6(4)3-8/h2,5-10H,3H2,1H3/t5-,6?,7?/m0/s1. The zero-order chi connectivity index (χ0) is 8.43. The second-order valence-electron chi connectivity index (χ2n) is 2.60. The highest BCUT2D eigenvalue weighted by molar-refractivity contribution is 5.11. The average molecular weight is 160 g/mol. The van der Waals surface area contributed by atoms with Gasteiger partial charge in [-0.25, -0.2) is 0 Å². The summed E-state index contributed by atoms with van der Waals surface area (Å²) in [6, 6.07) is 0. The van der Waals surface area contributed by atoms with Gasteiger partial charge < -0.3 is 20.1 Å². The van der Waals surface area contributed by atoms with Crippen molar-refractivity contribution in [1.82, 2.24) is 0 Å². The molecule has 1 aliphatic rings. The van der Waals surface area contributed by atoms with Crippen LogP contribution in [0.4, 0.5) is 0 Å². The molecule has 1 heterocycles. The van der Waals surface area contributed by atoms with Crippen LogP contribution < -0.4 is 0 Å². The van der Waals surface area contributed by atoms with Crippen LogP contribution in [0.5, 0.6) is 0 Å². The van der Waals surface area contributed by atoms with Crippen LogP contribution in [0.2, 0.25) is 0 Å². The highest BCUT2D eigenvalue weighted by Gasteiger charge is 2.26. The predicted octanol–water partition coefficient (Wildman–Crippen LogP) is -0.997. The number of hydrogen-bond donors (Lipinski definition) is 3.